The predicted molar refractivity (Wildman–Crippen MR) is 105 cm³/mol. The van der Waals surface area contributed by atoms with Crippen LogP contribution in [-0.4, -0.2) is 28.5 Å². The van der Waals surface area contributed by atoms with Crippen LogP contribution in [0.4, 0.5) is 15.8 Å². The minimum Gasteiger partial charge on any atom is -0.339 e. The molecule has 2 aromatic carbocycles. The first-order chi connectivity index (χ1) is 13.9. The van der Waals surface area contributed by atoms with Gasteiger partial charge in [-0.2, -0.15) is 4.98 Å². The van der Waals surface area contributed by atoms with Crippen molar-refractivity contribution in [2.24, 2.45) is 5.92 Å². The van der Waals surface area contributed by atoms with Gasteiger partial charge in [-0.3, -0.25) is 9.59 Å². The summed E-state index contributed by atoms with van der Waals surface area (Å²) in [6.45, 7) is 3.60. The maximum atomic E-state index is 13.7. The number of hydrogen-bond acceptors (Lipinski definition) is 5. The summed E-state index contributed by atoms with van der Waals surface area (Å²) in [5.41, 5.74) is 2.25. The fourth-order valence-electron chi connectivity index (χ4n) is 3.28. The summed E-state index contributed by atoms with van der Waals surface area (Å²) in [4.78, 5) is 30.9. The summed E-state index contributed by atoms with van der Waals surface area (Å²) in [5, 5.41) is 6.59. The van der Waals surface area contributed by atoms with E-state index in [2.05, 4.69) is 15.5 Å². The summed E-state index contributed by atoms with van der Waals surface area (Å²) in [6.07, 6.45) is 0.0890. The molecule has 1 aliphatic heterocycles. The second-order valence-corrected chi connectivity index (χ2v) is 7.05. The van der Waals surface area contributed by atoms with E-state index in [9.17, 15) is 14.0 Å². The topological polar surface area (TPSA) is 88.3 Å². The zero-order valence-electron chi connectivity index (χ0n) is 16.0. The van der Waals surface area contributed by atoms with E-state index in [4.69, 9.17) is 4.52 Å². The number of anilines is 2. The molecule has 1 saturated heterocycles. The van der Waals surface area contributed by atoms with Crippen molar-refractivity contribution in [1.82, 2.24) is 10.1 Å². The van der Waals surface area contributed by atoms with Crippen LogP contribution in [0.3, 0.4) is 0 Å². The minimum absolute atomic E-state index is 0.0890. The standard InChI is InChI=1S/C21H19FN4O3/c1-12-6-7-16(10-18(12)22)24-21(28)15-9-19(27)26(11-15)17-5-3-4-14(8-17)20-23-13(2)29-25-20/h3-8,10,15H,9,11H2,1-2H3,(H,24,28)/t15-/m1/s1. The van der Waals surface area contributed by atoms with E-state index in [0.29, 0.717) is 28.7 Å². The monoisotopic (exact) mass is 394 g/mol. The lowest BCUT2D eigenvalue weighted by atomic mass is 10.1. The summed E-state index contributed by atoms with van der Waals surface area (Å²) < 4.78 is 18.7. The average Bonchev–Trinajstić information content (AvgIpc) is 3.31. The van der Waals surface area contributed by atoms with Crippen LogP contribution in [0.25, 0.3) is 11.4 Å². The Balaban J connectivity index is 1.49. The molecule has 1 atom stereocenters. The van der Waals surface area contributed by atoms with Gasteiger partial charge < -0.3 is 14.7 Å². The fraction of sp³-hybridized carbons (Fsp3) is 0.238. The molecule has 0 aliphatic carbocycles. The predicted octanol–water partition coefficient (Wildman–Crippen LogP) is 3.48. The van der Waals surface area contributed by atoms with Crippen molar-refractivity contribution in [3.63, 3.8) is 0 Å². The molecule has 1 aromatic heterocycles. The summed E-state index contributed by atoms with van der Waals surface area (Å²) in [6, 6.07) is 11.7. The number of rotatable bonds is 4. The van der Waals surface area contributed by atoms with Gasteiger partial charge in [0.2, 0.25) is 23.5 Å². The maximum Gasteiger partial charge on any atom is 0.229 e. The second kappa shape index (κ2) is 7.46. The zero-order chi connectivity index (χ0) is 20.5. The Labute approximate surface area is 166 Å². The second-order valence-electron chi connectivity index (χ2n) is 7.05. The Morgan fingerprint density at radius 3 is 2.79 bits per heavy atom. The molecule has 2 heterocycles. The van der Waals surface area contributed by atoms with E-state index >= 15 is 0 Å². The molecule has 0 radical (unpaired) electrons. The molecule has 0 unspecified atom stereocenters. The van der Waals surface area contributed by atoms with Gasteiger partial charge >= 0.3 is 0 Å². The molecular formula is C21H19FN4O3. The third-order valence-corrected chi connectivity index (χ3v) is 4.88. The molecule has 8 heteroatoms. The van der Waals surface area contributed by atoms with Crippen LogP contribution in [-0.2, 0) is 9.59 Å². The van der Waals surface area contributed by atoms with E-state index in [1.54, 1.807) is 49.1 Å². The van der Waals surface area contributed by atoms with Crippen LogP contribution in [0.2, 0.25) is 0 Å². The number of halogens is 1. The van der Waals surface area contributed by atoms with E-state index < -0.39 is 5.92 Å². The van der Waals surface area contributed by atoms with Gasteiger partial charge in [0.15, 0.2) is 0 Å². The molecule has 7 nitrogen and oxygen atoms in total. The number of hydrogen-bond donors (Lipinski definition) is 1. The number of aryl methyl sites for hydroxylation is 2. The molecule has 4 rings (SSSR count). The number of nitrogens with one attached hydrogen (secondary N) is 1. The molecule has 3 aromatic rings. The average molecular weight is 394 g/mol. The van der Waals surface area contributed by atoms with Crippen LogP contribution in [0.15, 0.2) is 47.0 Å². The summed E-state index contributed by atoms with van der Waals surface area (Å²) in [5.74, 6) is -0.488. The van der Waals surface area contributed by atoms with Gasteiger partial charge in [0.25, 0.3) is 0 Å². The van der Waals surface area contributed by atoms with Crippen molar-refractivity contribution in [3.8, 4) is 11.4 Å². The quantitative estimate of drug-likeness (QED) is 0.732. The molecule has 1 fully saturated rings. The first-order valence-electron chi connectivity index (χ1n) is 9.19. The Morgan fingerprint density at radius 1 is 1.24 bits per heavy atom. The maximum absolute atomic E-state index is 13.7. The Bertz CT molecular complexity index is 1100. The molecule has 1 aliphatic rings. The lowest BCUT2D eigenvalue weighted by Crippen LogP contribution is -2.28. The van der Waals surface area contributed by atoms with Crippen molar-refractivity contribution in [2.45, 2.75) is 20.3 Å². The number of benzene rings is 2. The van der Waals surface area contributed by atoms with Gasteiger partial charge in [0, 0.05) is 36.8 Å². The van der Waals surface area contributed by atoms with Gasteiger partial charge in [0.05, 0.1) is 5.92 Å². The lowest BCUT2D eigenvalue weighted by molar-refractivity contribution is -0.122. The Kier molecular flexibility index (Phi) is 4.84. The van der Waals surface area contributed by atoms with Gasteiger partial charge in [-0.15, -0.1) is 0 Å². The van der Waals surface area contributed by atoms with Gasteiger partial charge in [-0.25, -0.2) is 4.39 Å². The van der Waals surface area contributed by atoms with Crippen LogP contribution in [0.1, 0.15) is 17.9 Å². The van der Waals surface area contributed by atoms with Crippen LogP contribution in [0, 0.1) is 25.6 Å². The normalized spacial score (nSPS) is 16.3. The first-order valence-corrected chi connectivity index (χ1v) is 9.19. The Hall–Kier alpha value is -3.55. The Morgan fingerprint density at radius 2 is 2.07 bits per heavy atom. The van der Waals surface area contributed by atoms with E-state index in [1.807, 2.05) is 6.07 Å². The van der Waals surface area contributed by atoms with Crippen molar-refractivity contribution < 1.29 is 18.5 Å². The molecular weight excluding hydrogens is 375 g/mol. The molecule has 0 bridgehead atoms. The van der Waals surface area contributed by atoms with Crippen LogP contribution < -0.4 is 10.2 Å². The summed E-state index contributed by atoms with van der Waals surface area (Å²) in [7, 11) is 0. The number of aromatic nitrogens is 2. The van der Waals surface area contributed by atoms with E-state index in [-0.39, 0.29) is 30.6 Å². The first kappa shape index (κ1) is 18.8. The third kappa shape index (κ3) is 3.87. The van der Waals surface area contributed by atoms with Crippen LogP contribution >= 0.6 is 0 Å². The molecule has 2 amide bonds. The number of carbonyl (C=O) groups is 2. The van der Waals surface area contributed by atoms with Crippen molar-refractivity contribution >= 4 is 23.2 Å². The van der Waals surface area contributed by atoms with Crippen molar-refractivity contribution in [3.05, 3.63) is 59.7 Å². The van der Waals surface area contributed by atoms with Crippen molar-refractivity contribution in [1.29, 1.82) is 0 Å². The molecule has 148 valence electrons. The number of nitrogens with zero attached hydrogens (tertiary/aromatic N) is 3. The number of carbonyl (C=O) groups excluding carboxylic acids is 2. The summed E-state index contributed by atoms with van der Waals surface area (Å²) >= 11 is 0. The SMILES string of the molecule is Cc1nc(-c2cccc(N3C[C@H](C(=O)Nc4ccc(C)c(F)c4)CC3=O)c2)no1. The van der Waals surface area contributed by atoms with E-state index in [0.717, 1.165) is 5.56 Å². The highest BCUT2D eigenvalue weighted by atomic mass is 19.1. The highest BCUT2D eigenvalue weighted by Gasteiger charge is 2.35. The lowest BCUT2D eigenvalue weighted by Gasteiger charge is -2.17. The number of amides is 2. The smallest absolute Gasteiger partial charge is 0.229 e. The molecule has 1 N–H and O–H groups in total. The highest BCUT2D eigenvalue weighted by Crippen LogP contribution is 2.29. The van der Waals surface area contributed by atoms with Gasteiger partial charge in [-0.1, -0.05) is 23.4 Å². The van der Waals surface area contributed by atoms with Crippen LogP contribution in [0.5, 0.6) is 0 Å². The van der Waals surface area contributed by atoms with Gasteiger partial charge in [0.1, 0.15) is 5.82 Å². The fourth-order valence-corrected chi connectivity index (χ4v) is 3.28. The van der Waals surface area contributed by atoms with Crippen molar-refractivity contribution in [2.75, 3.05) is 16.8 Å². The van der Waals surface area contributed by atoms with E-state index in [1.165, 1.54) is 6.07 Å². The minimum atomic E-state index is -0.525. The third-order valence-electron chi connectivity index (χ3n) is 4.88. The molecule has 0 spiro atoms. The molecule has 0 saturated carbocycles. The molecule has 29 heavy (non-hydrogen) atoms. The highest BCUT2D eigenvalue weighted by molar-refractivity contribution is 6.03. The zero-order valence-corrected chi connectivity index (χ0v) is 16.0. The van der Waals surface area contributed by atoms with Gasteiger partial charge in [-0.05, 0) is 36.8 Å². The largest absolute Gasteiger partial charge is 0.339 e.